The summed E-state index contributed by atoms with van der Waals surface area (Å²) in [5.41, 5.74) is 0.429. The predicted octanol–water partition coefficient (Wildman–Crippen LogP) is 2.64. The minimum absolute atomic E-state index is 0.0604. The van der Waals surface area contributed by atoms with Gasteiger partial charge in [-0.2, -0.15) is 0 Å². The van der Waals surface area contributed by atoms with E-state index in [1.165, 1.54) is 25.0 Å². The fourth-order valence-electron chi connectivity index (χ4n) is 2.03. The van der Waals surface area contributed by atoms with E-state index in [0.717, 1.165) is 25.9 Å². The highest BCUT2D eigenvalue weighted by Gasteiger charge is 2.17. The predicted molar refractivity (Wildman–Crippen MR) is 59.6 cm³/mol. The summed E-state index contributed by atoms with van der Waals surface area (Å²) in [5.74, 6) is -0.532. The van der Waals surface area contributed by atoms with Crippen LogP contribution < -0.4 is 0 Å². The van der Waals surface area contributed by atoms with Gasteiger partial charge in [-0.1, -0.05) is 18.9 Å². The molecule has 1 radical (unpaired) electrons. The topological polar surface area (TPSA) is 20.3 Å². The zero-order valence-corrected chi connectivity index (χ0v) is 9.21. The normalized spacial score (nSPS) is 16.9. The molecule has 1 saturated heterocycles. The number of rotatable bonds is 1. The van der Waals surface area contributed by atoms with Gasteiger partial charge in [0, 0.05) is 24.7 Å². The molecule has 0 N–H and O–H groups in total. The van der Waals surface area contributed by atoms with Crippen LogP contribution in [0.4, 0.5) is 4.39 Å². The SMILES string of the molecule is O=C(c1cc[c]c(F)c1)N1CCCCCC1. The molecule has 2 nitrogen and oxygen atoms in total. The number of amides is 1. The van der Waals surface area contributed by atoms with Crippen LogP contribution >= 0.6 is 0 Å². The molecule has 0 aliphatic carbocycles. The quantitative estimate of drug-likeness (QED) is 0.712. The molecule has 0 atom stereocenters. The second kappa shape index (κ2) is 5.10. The van der Waals surface area contributed by atoms with Gasteiger partial charge in [0.05, 0.1) is 0 Å². The first kappa shape index (κ1) is 11.1. The van der Waals surface area contributed by atoms with Gasteiger partial charge in [-0.3, -0.25) is 4.79 Å². The fraction of sp³-hybridized carbons (Fsp3) is 0.462. The summed E-state index contributed by atoms with van der Waals surface area (Å²) in [6.07, 6.45) is 4.46. The van der Waals surface area contributed by atoms with Gasteiger partial charge in [-0.15, -0.1) is 0 Å². The van der Waals surface area contributed by atoms with E-state index in [1.54, 1.807) is 6.07 Å². The Morgan fingerprint density at radius 1 is 1.25 bits per heavy atom. The molecule has 1 amide bonds. The average Bonchev–Trinajstić information content (AvgIpc) is 2.56. The van der Waals surface area contributed by atoms with E-state index in [2.05, 4.69) is 6.07 Å². The molecule has 16 heavy (non-hydrogen) atoms. The second-order valence-corrected chi connectivity index (χ2v) is 4.13. The van der Waals surface area contributed by atoms with Crippen LogP contribution in [0.1, 0.15) is 36.0 Å². The summed E-state index contributed by atoms with van der Waals surface area (Å²) in [4.78, 5) is 13.9. The van der Waals surface area contributed by atoms with Crippen LogP contribution in [0.2, 0.25) is 0 Å². The molecule has 1 aliphatic rings. The number of carbonyl (C=O) groups is 1. The highest BCUT2D eigenvalue weighted by atomic mass is 19.1. The Hall–Kier alpha value is -1.38. The van der Waals surface area contributed by atoms with E-state index < -0.39 is 5.82 Å². The van der Waals surface area contributed by atoms with E-state index in [4.69, 9.17) is 0 Å². The number of halogens is 1. The van der Waals surface area contributed by atoms with Crippen LogP contribution in [0.25, 0.3) is 0 Å². The Kier molecular flexibility index (Phi) is 3.54. The molecule has 0 unspecified atom stereocenters. The third-order valence-electron chi connectivity index (χ3n) is 2.91. The average molecular weight is 220 g/mol. The van der Waals surface area contributed by atoms with Crippen molar-refractivity contribution in [2.24, 2.45) is 0 Å². The molecule has 0 saturated carbocycles. The van der Waals surface area contributed by atoms with Gasteiger partial charge in [-0.05, 0) is 25.0 Å². The van der Waals surface area contributed by atoms with Crippen molar-refractivity contribution in [2.75, 3.05) is 13.1 Å². The van der Waals surface area contributed by atoms with E-state index in [9.17, 15) is 9.18 Å². The Bertz CT molecular complexity index is 370. The summed E-state index contributed by atoms with van der Waals surface area (Å²) in [6.45, 7) is 1.58. The molecule has 1 aromatic carbocycles. The van der Waals surface area contributed by atoms with Crippen molar-refractivity contribution >= 4 is 5.91 Å². The molecule has 85 valence electrons. The molecular weight excluding hydrogens is 205 g/mol. The van der Waals surface area contributed by atoms with Gasteiger partial charge in [0.1, 0.15) is 5.82 Å². The van der Waals surface area contributed by atoms with Crippen molar-refractivity contribution in [1.82, 2.24) is 4.90 Å². The third-order valence-corrected chi connectivity index (χ3v) is 2.91. The van der Waals surface area contributed by atoms with E-state index in [1.807, 2.05) is 4.90 Å². The number of benzene rings is 1. The van der Waals surface area contributed by atoms with Crippen LogP contribution in [-0.4, -0.2) is 23.9 Å². The second-order valence-electron chi connectivity index (χ2n) is 4.13. The van der Waals surface area contributed by atoms with E-state index >= 15 is 0 Å². The van der Waals surface area contributed by atoms with Crippen LogP contribution in [0.5, 0.6) is 0 Å². The minimum Gasteiger partial charge on any atom is -0.339 e. The Morgan fingerprint density at radius 2 is 1.94 bits per heavy atom. The van der Waals surface area contributed by atoms with Gasteiger partial charge < -0.3 is 4.90 Å². The molecule has 1 aromatic rings. The number of hydrogen-bond acceptors (Lipinski definition) is 1. The van der Waals surface area contributed by atoms with Crippen molar-refractivity contribution in [3.05, 3.63) is 35.6 Å². The molecule has 0 bridgehead atoms. The number of carbonyl (C=O) groups excluding carboxylic acids is 1. The maximum absolute atomic E-state index is 12.9. The molecule has 1 aliphatic heterocycles. The van der Waals surface area contributed by atoms with Crippen LogP contribution in [-0.2, 0) is 0 Å². The van der Waals surface area contributed by atoms with Crippen LogP contribution in [0.3, 0.4) is 0 Å². The first-order valence-corrected chi connectivity index (χ1v) is 5.74. The zero-order valence-electron chi connectivity index (χ0n) is 9.21. The number of nitrogens with zero attached hydrogens (tertiary/aromatic N) is 1. The van der Waals surface area contributed by atoms with Crippen molar-refractivity contribution in [3.8, 4) is 0 Å². The van der Waals surface area contributed by atoms with Crippen LogP contribution in [0, 0.1) is 11.9 Å². The lowest BCUT2D eigenvalue weighted by Gasteiger charge is -2.20. The maximum atomic E-state index is 12.9. The summed E-state index contributed by atoms with van der Waals surface area (Å²) in [6, 6.07) is 6.74. The van der Waals surface area contributed by atoms with Gasteiger partial charge in [0.25, 0.3) is 5.91 Å². The highest BCUT2D eigenvalue weighted by molar-refractivity contribution is 5.94. The fourth-order valence-corrected chi connectivity index (χ4v) is 2.03. The summed E-state index contributed by atoms with van der Waals surface area (Å²) >= 11 is 0. The van der Waals surface area contributed by atoms with Crippen molar-refractivity contribution < 1.29 is 9.18 Å². The van der Waals surface area contributed by atoms with Gasteiger partial charge in [0.2, 0.25) is 0 Å². The monoisotopic (exact) mass is 220 g/mol. The summed E-state index contributed by atoms with van der Waals surface area (Å²) < 4.78 is 12.9. The molecule has 1 heterocycles. The first-order valence-electron chi connectivity index (χ1n) is 5.74. The molecule has 0 aromatic heterocycles. The Labute approximate surface area is 95.1 Å². The lowest BCUT2D eigenvalue weighted by atomic mass is 10.2. The molecule has 1 fully saturated rings. The van der Waals surface area contributed by atoms with Gasteiger partial charge >= 0.3 is 0 Å². The zero-order chi connectivity index (χ0) is 11.4. The molecule has 0 spiro atoms. The van der Waals surface area contributed by atoms with Gasteiger partial charge in [-0.25, -0.2) is 4.39 Å². The number of likely N-dealkylation sites (tertiary alicyclic amines) is 1. The first-order chi connectivity index (χ1) is 7.77. The lowest BCUT2D eigenvalue weighted by Crippen LogP contribution is -2.31. The highest BCUT2D eigenvalue weighted by Crippen LogP contribution is 2.13. The summed E-state index contributed by atoms with van der Waals surface area (Å²) in [5, 5.41) is 0. The van der Waals surface area contributed by atoms with Crippen molar-refractivity contribution in [2.45, 2.75) is 25.7 Å². The van der Waals surface area contributed by atoms with Crippen molar-refractivity contribution in [3.63, 3.8) is 0 Å². The Balaban J connectivity index is 2.11. The smallest absolute Gasteiger partial charge is 0.253 e. The van der Waals surface area contributed by atoms with Gasteiger partial charge in [0.15, 0.2) is 0 Å². The molecule has 3 heteroatoms. The minimum atomic E-state index is -0.472. The van der Waals surface area contributed by atoms with E-state index in [-0.39, 0.29) is 5.91 Å². The van der Waals surface area contributed by atoms with Crippen LogP contribution in [0.15, 0.2) is 18.2 Å². The molecular formula is C13H15FNO. The third kappa shape index (κ3) is 2.60. The standard InChI is InChI=1S/C13H15FNO/c14-12-7-5-6-11(10-12)13(16)15-8-3-1-2-4-9-15/h5-6,10H,1-4,8-9H2. The van der Waals surface area contributed by atoms with E-state index in [0.29, 0.717) is 5.56 Å². The molecule has 2 rings (SSSR count). The maximum Gasteiger partial charge on any atom is 0.253 e. The Morgan fingerprint density at radius 3 is 2.56 bits per heavy atom. The number of hydrogen-bond donors (Lipinski definition) is 0. The van der Waals surface area contributed by atoms with Crippen molar-refractivity contribution in [1.29, 1.82) is 0 Å². The lowest BCUT2D eigenvalue weighted by molar-refractivity contribution is 0.0761. The summed E-state index contributed by atoms with van der Waals surface area (Å²) in [7, 11) is 0. The largest absolute Gasteiger partial charge is 0.339 e.